The predicted octanol–water partition coefficient (Wildman–Crippen LogP) is 4.46. The molecule has 0 saturated heterocycles. The summed E-state index contributed by atoms with van der Waals surface area (Å²) >= 11 is 0. The Morgan fingerprint density at radius 3 is 2.18 bits per heavy atom. The number of aromatic hydroxyl groups is 1. The Bertz CT molecular complexity index is 926. The first kappa shape index (κ1) is 33.7. The molecule has 10 heteroatoms. The molecule has 0 radical (unpaired) electrons. The summed E-state index contributed by atoms with van der Waals surface area (Å²) in [6, 6.07) is 4.08. The van der Waals surface area contributed by atoms with E-state index in [0.717, 1.165) is 19.3 Å². The number of amides is 3. The number of hydrogen-bond donors (Lipinski definition) is 3. The van der Waals surface area contributed by atoms with Crippen molar-refractivity contribution < 1.29 is 33.8 Å². The molecule has 0 aliphatic heterocycles. The summed E-state index contributed by atoms with van der Waals surface area (Å²) in [6.07, 6.45) is 2.75. The number of phenols is 1. The molecule has 0 saturated carbocycles. The molecule has 0 aliphatic rings. The van der Waals surface area contributed by atoms with Gasteiger partial charge in [0.15, 0.2) is 0 Å². The highest BCUT2D eigenvalue weighted by Gasteiger charge is 2.37. The Balaban J connectivity index is 3.38. The molecule has 1 rings (SSSR count). The quantitative estimate of drug-likeness (QED) is 0.217. The van der Waals surface area contributed by atoms with E-state index in [1.54, 1.807) is 39.8 Å². The first-order valence-electron chi connectivity index (χ1n) is 13.8. The zero-order valence-electron chi connectivity index (χ0n) is 24.5. The summed E-state index contributed by atoms with van der Waals surface area (Å²) in [5, 5.41) is 15.3. The first-order valence-corrected chi connectivity index (χ1v) is 13.8. The van der Waals surface area contributed by atoms with Crippen LogP contribution in [0.3, 0.4) is 0 Å². The van der Waals surface area contributed by atoms with Gasteiger partial charge in [-0.15, -0.1) is 0 Å². The molecule has 3 amide bonds. The Kier molecular flexibility index (Phi) is 14.4. The number of carbonyl (C=O) groups is 4. The SMILES string of the molecule is CCCCCCN(C(=O)C(NC(=O)OC(C)(C)C)C(C)C)C(C(=O)NCCC(=O)OCC)c1ccc(O)cc1. The maximum Gasteiger partial charge on any atom is 0.408 e. The number of esters is 1. The number of unbranched alkanes of at least 4 members (excludes halogenated alkanes) is 3. The van der Waals surface area contributed by atoms with Crippen LogP contribution in [0.2, 0.25) is 0 Å². The molecule has 220 valence electrons. The lowest BCUT2D eigenvalue weighted by molar-refractivity contribution is -0.144. The van der Waals surface area contributed by atoms with Crippen LogP contribution in [-0.2, 0) is 23.9 Å². The first-order chi connectivity index (χ1) is 18.3. The number of phenolic OH excluding ortho intramolecular Hbond substituents is 1. The monoisotopic (exact) mass is 549 g/mol. The van der Waals surface area contributed by atoms with Gasteiger partial charge in [-0.3, -0.25) is 14.4 Å². The van der Waals surface area contributed by atoms with E-state index in [1.807, 2.05) is 13.8 Å². The minimum Gasteiger partial charge on any atom is -0.508 e. The van der Waals surface area contributed by atoms with Crippen LogP contribution >= 0.6 is 0 Å². The second kappa shape index (κ2) is 16.6. The lowest BCUT2D eigenvalue weighted by atomic mass is 9.98. The molecule has 0 bridgehead atoms. The van der Waals surface area contributed by atoms with Crippen LogP contribution in [0.15, 0.2) is 24.3 Å². The molecular formula is C29H47N3O7. The minimum absolute atomic E-state index is 0.0128. The Morgan fingerprint density at radius 1 is 1.00 bits per heavy atom. The molecule has 1 aromatic carbocycles. The lowest BCUT2D eigenvalue weighted by Gasteiger charge is -2.35. The van der Waals surface area contributed by atoms with Crippen molar-refractivity contribution in [3.63, 3.8) is 0 Å². The van der Waals surface area contributed by atoms with E-state index in [1.165, 1.54) is 17.0 Å². The van der Waals surface area contributed by atoms with Crippen molar-refractivity contribution in [1.82, 2.24) is 15.5 Å². The Morgan fingerprint density at radius 2 is 1.64 bits per heavy atom. The number of nitrogens with one attached hydrogen (secondary N) is 2. The molecular weight excluding hydrogens is 502 g/mol. The van der Waals surface area contributed by atoms with Crippen LogP contribution in [0.4, 0.5) is 4.79 Å². The zero-order valence-corrected chi connectivity index (χ0v) is 24.5. The number of hydrogen-bond acceptors (Lipinski definition) is 7. The Labute approximate surface area is 232 Å². The van der Waals surface area contributed by atoms with E-state index in [0.29, 0.717) is 12.0 Å². The van der Waals surface area contributed by atoms with Crippen molar-refractivity contribution in [2.75, 3.05) is 19.7 Å². The average molecular weight is 550 g/mol. The van der Waals surface area contributed by atoms with Gasteiger partial charge >= 0.3 is 12.1 Å². The van der Waals surface area contributed by atoms with Crippen LogP contribution in [0.25, 0.3) is 0 Å². The van der Waals surface area contributed by atoms with E-state index in [2.05, 4.69) is 17.6 Å². The summed E-state index contributed by atoms with van der Waals surface area (Å²) in [7, 11) is 0. The molecule has 2 atom stereocenters. The topological polar surface area (TPSA) is 134 Å². The fourth-order valence-electron chi connectivity index (χ4n) is 3.95. The second-order valence-electron chi connectivity index (χ2n) is 10.8. The van der Waals surface area contributed by atoms with Gasteiger partial charge in [-0.05, 0) is 57.7 Å². The second-order valence-corrected chi connectivity index (χ2v) is 10.8. The van der Waals surface area contributed by atoms with Crippen molar-refractivity contribution in [2.45, 2.75) is 98.3 Å². The smallest absolute Gasteiger partial charge is 0.408 e. The normalized spacial score (nSPS) is 12.8. The zero-order chi connectivity index (χ0) is 29.6. The van der Waals surface area contributed by atoms with E-state index < -0.39 is 41.6 Å². The van der Waals surface area contributed by atoms with Gasteiger partial charge in [0, 0.05) is 13.1 Å². The predicted molar refractivity (Wildman–Crippen MR) is 149 cm³/mol. The molecule has 3 N–H and O–H groups in total. The molecule has 1 aromatic rings. The van der Waals surface area contributed by atoms with Gasteiger partial charge in [-0.25, -0.2) is 4.79 Å². The molecule has 0 fully saturated rings. The number of benzene rings is 1. The van der Waals surface area contributed by atoms with Crippen LogP contribution in [-0.4, -0.2) is 65.2 Å². The fraction of sp³-hybridized carbons (Fsp3) is 0.655. The highest BCUT2D eigenvalue weighted by atomic mass is 16.6. The van der Waals surface area contributed by atoms with Gasteiger partial charge < -0.3 is 30.1 Å². The standard InChI is InChI=1S/C29H47N3O7/c1-8-10-11-12-19-32(27(36)24(20(3)4)31-28(37)39-29(5,6)7)25(21-13-15-22(33)16-14-21)26(35)30-18-17-23(34)38-9-2/h13-16,20,24-25,33H,8-12,17-19H2,1-7H3,(H,30,35)(H,31,37). The van der Waals surface area contributed by atoms with Gasteiger partial charge in [0.2, 0.25) is 11.8 Å². The maximum atomic E-state index is 14.1. The molecule has 0 heterocycles. The molecule has 0 aromatic heterocycles. The number of nitrogens with zero attached hydrogens (tertiary/aromatic N) is 1. The Hall–Kier alpha value is -3.30. The number of rotatable bonds is 15. The highest BCUT2D eigenvalue weighted by molar-refractivity contribution is 5.92. The van der Waals surface area contributed by atoms with Gasteiger partial charge in [0.1, 0.15) is 23.4 Å². The van der Waals surface area contributed by atoms with Crippen LogP contribution in [0, 0.1) is 5.92 Å². The summed E-state index contributed by atoms with van der Waals surface area (Å²) in [5.41, 5.74) is -0.257. The van der Waals surface area contributed by atoms with E-state index >= 15 is 0 Å². The summed E-state index contributed by atoms with van der Waals surface area (Å²) < 4.78 is 10.3. The van der Waals surface area contributed by atoms with Gasteiger partial charge in [0.25, 0.3) is 0 Å². The fourth-order valence-corrected chi connectivity index (χ4v) is 3.95. The number of carbonyl (C=O) groups excluding carboxylic acids is 4. The van der Waals surface area contributed by atoms with Crippen molar-refractivity contribution in [3.05, 3.63) is 29.8 Å². The van der Waals surface area contributed by atoms with Gasteiger partial charge in [-0.2, -0.15) is 0 Å². The number of ether oxygens (including phenoxy) is 2. The van der Waals surface area contributed by atoms with E-state index in [4.69, 9.17) is 9.47 Å². The van der Waals surface area contributed by atoms with Crippen molar-refractivity contribution >= 4 is 23.9 Å². The summed E-state index contributed by atoms with van der Waals surface area (Å²) in [5.74, 6) is -1.62. The van der Waals surface area contributed by atoms with Crippen LogP contribution in [0.5, 0.6) is 5.75 Å². The van der Waals surface area contributed by atoms with Gasteiger partial charge in [0.05, 0.1) is 13.0 Å². The third-order valence-corrected chi connectivity index (χ3v) is 5.84. The maximum absolute atomic E-state index is 14.1. The third-order valence-electron chi connectivity index (χ3n) is 5.84. The minimum atomic E-state index is -1.05. The molecule has 39 heavy (non-hydrogen) atoms. The van der Waals surface area contributed by atoms with Gasteiger partial charge in [-0.1, -0.05) is 52.2 Å². The van der Waals surface area contributed by atoms with Crippen molar-refractivity contribution in [3.8, 4) is 5.75 Å². The molecule has 10 nitrogen and oxygen atoms in total. The van der Waals surface area contributed by atoms with E-state index in [9.17, 15) is 24.3 Å². The largest absolute Gasteiger partial charge is 0.508 e. The summed E-state index contributed by atoms with van der Waals surface area (Å²) in [6.45, 7) is 13.2. The van der Waals surface area contributed by atoms with Crippen molar-refractivity contribution in [1.29, 1.82) is 0 Å². The molecule has 0 aliphatic carbocycles. The summed E-state index contributed by atoms with van der Waals surface area (Å²) in [4.78, 5) is 53.5. The average Bonchev–Trinajstić information content (AvgIpc) is 2.83. The van der Waals surface area contributed by atoms with E-state index in [-0.39, 0.29) is 37.8 Å². The lowest BCUT2D eigenvalue weighted by Crippen LogP contribution is -2.55. The van der Waals surface area contributed by atoms with Crippen LogP contribution in [0.1, 0.15) is 92.2 Å². The van der Waals surface area contributed by atoms with Crippen LogP contribution < -0.4 is 10.6 Å². The molecule has 0 spiro atoms. The highest BCUT2D eigenvalue weighted by Crippen LogP contribution is 2.26. The van der Waals surface area contributed by atoms with Crippen molar-refractivity contribution in [2.24, 2.45) is 5.92 Å². The third kappa shape index (κ3) is 12.4. The number of alkyl carbamates (subject to hydrolysis) is 1. The molecule has 2 unspecified atom stereocenters.